The van der Waals surface area contributed by atoms with Gasteiger partial charge in [0.2, 0.25) is 11.8 Å². The minimum absolute atomic E-state index is 0.0660. The zero-order valence-electron chi connectivity index (χ0n) is 22.1. The third-order valence-electron chi connectivity index (χ3n) is 5.26. The Kier molecular flexibility index (Phi) is 10.9. The van der Waals surface area contributed by atoms with E-state index >= 15 is 0 Å². The molecule has 3 unspecified atom stereocenters. The van der Waals surface area contributed by atoms with Crippen molar-refractivity contribution >= 4 is 17.9 Å². The molecule has 192 valence electrons. The Hall–Kier alpha value is -2.77. The second kappa shape index (κ2) is 12.6. The van der Waals surface area contributed by atoms with Crippen molar-refractivity contribution < 1.29 is 24.2 Å². The summed E-state index contributed by atoms with van der Waals surface area (Å²) in [5, 5.41) is 15.5. The van der Waals surface area contributed by atoms with Crippen LogP contribution in [0.4, 0.5) is 4.79 Å². The lowest BCUT2D eigenvalue weighted by molar-refractivity contribution is -0.145. The molecule has 0 spiro atoms. The van der Waals surface area contributed by atoms with Crippen LogP contribution in [0.3, 0.4) is 0 Å². The monoisotopic (exact) mass is 477 g/mol. The molecule has 1 aromatic rings. The highest BCUT2D eigenvalue weighted by molar-refractivity contribution is 5.92. The first-order valence-electron chi connectivity index (χ1n) is 12.1. The van der Waals surface area contributed by atoms with Crippen LogP contribution in [0.15, 0.2) is 24.3 Å². The highest BCUT2D eigenvalue weighted by atomic mass is 16.6. The average Bonchev–Trinajstić information content (AvgIpc) is 2.68. The Labute approximate surface area is 204 Å². The Morgan fingerprint density at radius 1 is 1.00 bits per heavy atom. The van der Waals surface area contributed by atoms with Gasteiger partial charge >= 0.3 is 6.09 Å². The molecule has 0 saturated heterocycles. The number of carbonyl (C=O) groups is 3. The van der Waals surface area contributed by atoms with Crippen molar-refractivity contribution in [3.63, 3.8) is 0 Å². The van der Waals surface area contributed by atoms with Gasteiger partial charge in [-0.05, 0) is 71.6 Å². The Balaban J connectivity index is 3.41. The number of alkyl carbamates (subject to hydrolysis) is 1. The minimum atomic E-state index is -0.936. The summed E-state index contributed by atoms with van der Waals surface area (Å²) in [5.41, 5.74) is -0.142. The molecule has 0 aliphatic heterocycles. The molecule has 3 atom stereocenters. The third kappa shape index (κ3) is 8.88. The van der Waals surface area contributed by atoms with Gasteiger partial charge in [-0.15, -0.1) is 0 Å². The number of nitrogens with zero attached hydrogens (tertiary/aromatic N) is 1. The van der Waals surface area contributed by atoms with Gasteiger partial charge < -0.3 is 25.4 Å². The standard InChI is InChI=1S/C26H43N3O5/c1-10-11-18(6)27-23(31)22(19-12-14-20(30)15-13-19)29(17(4)5)24(32)21(16(2)3)28-25(33)34-26(7,8)9/h12-18,21-22,30H,10-11H2,1-9H3,(H,27,31)(H,28,33). The summed E-state index contributed by atoms with van der Waals surface area (Å²) >= 11 is 0. The first-order chi connectivity index (χ1) is 15.7. The van der Waals surface area contributed by atoms with Crippen LogP contribution in [0, 0.1) is 5.92 Å². The molecular weight excluding hydrogens is 434 g/mol. The summed E-state index contributed by atoms with van der Waals surface area (Å²) in [4.78, 5) is 41.3. The largest absolute Gasteiger partial charge is 0.508 e. The van der Waals surface area contributed by atoms with Crippen LogP contribution in [0.5, 0.6) is 5.75 Å². The van der Waals surface area contributed by atoms with Crippen LogP contribution < -0.4 is 10.6 Å². The fourth-order valence-electron chi connectivity index (χ4n) is 3.71. The van der Waals surface area contributed by atoms with Gasteiger partial charge in [-0.3, -0.25) is 9.59 Å². The Bertz CT molecular complexity index is 815. The van der Waals surface area contributed by atoms with Crippen molar-refractivity contribution in [2.24, 2.45) is 5.92 Å². The van der Waals surface area contributed by atoms with Gasteiger partial charge in [0, 0.05) is 12.1 Å². The summed E-state index contributed by atoms with van der Waals surface area (Å²) in [7, 11) is 0. The maximum absolute atomic E-state index is 13.9. The molecule has 0 aliphatic carbocycles. The summed E-state index contributed by atoms with van der Waals surface area (Å²) in [5.74, 6) is -0.874. The number of hydrogen-bond acceptors (Lipinski definition) is 5. The van der Waals surface area contributed by atoms with E-state index in [1.807, 2.05) is 41.5 Å². The Morgan fingerprint density at radius 3 is 2.00 bits per heavy atom. The molecule has 0 aliphatic rings. The predicted molar refractivity (Wildman–Crippen MR) is 133 cm³/mol. The van der Waals surface area contributed by atoms with E-state index in [4.69, 9.17) is 4.74 Å². The second-order valence-electron chi connectivity index (χ2n) is 10.4. The van der Waals surface area contributed by atoms with Crippen LogP contribution in [0.1, 0.15) is 86.8 Å². The summed E-state index contributed by atoms with van der Waals surface area (Å²) in [6, 6.07) is 4.02. The maximum Gasteiger partial charge on any atom is 0.408 e. The van der Waals surface area contributed by atoms with Gasteiger partial charge in [0.15, 0.2) is 0 Å². The highest BCUT2D eigenvalue weighted by Crippen LogP contribution is 2.27. The van der Waals surface area contributed by atoms with E-state index < -0.39 is 23.8 Å². The van der Waals surface area contributed by atoms with Gasteiger partial charge in [-0.2, -0.15) is 0 Å². The Morgan fingerprint density at radius 2 is 1.56 bits per heavy atom. The van der Waals surface area contributed by atoms with E-state index in [0.29, 0.717) is 5.56 Å². The van der Waals surface area contributed by atoms with Crippen molar-refractivity contribution in [3.8, 4) is 5.75 Å². The minimum Gasteiger partial charge on any atom is -0.508 e. The molecule has 1 rings (SSSR count). The lowest BCUT2D eigenvalue weighted by Crippen LogP contribution is -2.57. The molecule has 3 N–H and O–H groups in total. The number of benzene rings is 1. The average molecular weight is 478 g/mol. The molecule has 3 amide bonds. The molecule has 1 aromatic carbocycles. The molecule has 8 nitrogen and oxygen atoms in total. The predicted octanol–water partition coefficient (Wildman–Crippen LogP) is 4.52. The number of aromatic hydroxyl groups is 1. The molecule has 34 heavy (non-hydrogen) atoms. The van der Waals surface area contributed by atoms with E-state index in [9.17, 15) is 19.5 Å². The van der Waals surface area contributed by atoms with Crippen LogP contribution in [-0.2, 0) is 14.3 Å². The molecule has 0 heterocycles. The number of carbonyl (C=O) groups excluding carboxylic acids is 3. The number of phenols is 1. The molecule has 0 aromatic heterocycles. The van der Waals surface area contributed by atoms with Gasteiger partial charge in [0.1, 0.15) is 23.4 Å². The van der Waals surface area contributed by atoms with Crippen LogP contribution in [0.25, 0.3) is 0 Å². The topological polar surface area (TPSA) is 108 Å². The third-order valence-corrected chi connectivity index (χ3v) is 5.26. The smallest absolute Gasteiger partial charge is 0.408 e. The fraction of sp³-hybridized carbons (Fsp3) is 0.654. The number of ether oxygens (including phenoxy) is 1. The van der Waals surface area contributed by atoms with Crippen molar-refractivity contribution in [1.82, 2.24) is 15.5 Å². The number of phenolic OH excluding ortho intramolecular Hbond substituents is 1. The van der Waals surface area contributed by atoms with Gasteiger partial charge in [-0.1, -0.05) is 39.3 Å². The number of amides is 3. The molecule has 0 radical (unpaired) electrons. The number of nitrogens with one attached hydrogen (secondary N) is 2. The van der Waals surface area contributed by atoms with Gasteiger partial charge in [-0.25, -0.2) is 4.79 Å². The quantitative estimate of drug-likeness (QED) is 0.459. The second-order valence-corrected chi connectivity index (χ2v) is 10.4. The lowest BCUT2D eigenvalue weighted by Gasteiger charge is -2.38. The van der Waals surface area contributed by atoms with Crippen LogP contribution >= 0.6 is 0 Å². The number of rotatable bonds is 10. The van der Waals surface area contributed by atoms with Gasteiger partial charge in [0.05, 0.1) is 0 Å². The van der Waals surface area contributed by atoms with E-state index in [0.717, 1.165) is 12.8 Å². The van der Waals surface area contributed by atoms with Crippen LogP contribution in [-0.4, -0.2) is 51.6 Å². The maximum atomic E-state index is 13.9. The zero-order chi connectivity index (χ0) is 26.2. The first-order valence-corrected chi connectivity index (χ1v) is 12.1. The van der Waals surface area contributed by atoms with Crippen molar-refractivity contribution in [2.75, 3.05) is 0 Å². The van der Waals surface area contributed by atoms with E-state index in [2.05, 4.69) is 10.6 Å². The van der Waals surface area contributed by atoms with Gasteiger partial charge in [0.25, 0.3) is 0 Å². The van der Waals surface area contributed by atoms with Crippen molar-refractivity contribution in [2.45, 2.75) is 105 Å². The summed E-state index contributed by atoms with van der Waals surface area (Å²) in [6.45, 7) is 16.6. The molecule has 0 fully saturated rings. The van der Waals surface area contributed by atoms with E-state index in [1.54, 1.807) is 32.9 Å². The fourth-order valence-corrected chi connectivity index (χ4v) is 3.71. The molecule has 8 heteroatoms. The molecule has 0 saturated carbocycles. The van der Waals surface area contributed by atoms with E-state index in [-0.39, 0.29) is 35.6 Å². The SMILES string of the molecule is CCCC(C)NC(=O)C(c1ccc(O)cc1)N(C(=O)C(NC(=O)OC(C)(C)C)C(C)C)C(C)C. The molecular formula is C26H43N3O5. The van der Waals surface area contributed by atoms with Crippen molar-refractivity contribution in [1.29, 1.82) is 0 Å². The normalized spacial score (nSPS) is 14.3. The highest BCUT2D eigenvalue weighted by Gasteiger charge is 2.39. The number of hydrogen-bond donors (Lipinski definition) is 3. The van der Waals surface area contributed by atoms with Crippen LogP contribution in [0.2, 0.25) is 0 Å². The summed E-state index contributed by atoms with van der Waals surface area (Å²) < 4.78 is 5.37. The summed E-state index contributed by atoms with van der Waals surface area (Å²) in [6.07, 6.45) is 1.02. The first kappa shape index (κ1) is 29.3. The zero-order valence-corrected chi connectivity index (χ0v) is 22.1. The molecule has 0 bridgehead atoms. The van der Waals surface area contributed by atoms with Crippen molar-refractivity contribution in [3.05, 3.63) is 29.8 Å². The lowest BCUT2D eigenvalue weighted by atomic mass is 9.97. The van der Waals surface area contributed by atoms with E-state index in [1.165, 1.54) is 17.0 Å².